The van der Waals surface area contributed by atoms with Crippen LogP contribution in [0.1, 0.15) is 16.7 Å². The molecule has 0 spiro atoms. The minimum atomic E-state index is -4.42. The van der Waals surface area contributed by atoms with Crippen molar-refractivity contribution in [1.82, 2.24) is 0 Å². The molecular formula is C11H14BF3O2. The van der Waals surface area contributed by atoms with Gasteiger partial charge in [0.25, 0.3) is 0 Å². The van der Waals surface area contributed by atoms with E-state index in [4.69, 9.17) is 9.31 Å². The molecule has 0 atom stereocenters. The summed E-state index contributed by atoms with van der Waals surface area (Å²) < 4.78 is 48.6. The maximum atomic E-state index is 12.9. The third kappa shape index (κ3) is 3.01. The lowest BCUT2D eigenvalue weighted by atomic mass is 9.72. The average Bonchev–Trinajstić information content (AvgIpc) is 2.20. The van der Waals surface area contributed by atoms with Gasteiger partial charge in [-0.1, -0.05) is 17.2 Å². The van der Waals surface area contributed by atoms with Crippen molar-refractivity contribution < 1.29 is 22.5 Å². The molecule has 0 saturated carbocycles. The molecule has 1 rings (SSSR count). The van der Waals surface area contributed by atoms with E-state index in [9.17, 15) is 13.2 Å². The summed E-state index contributed by atoms with van der Waals surface area (Å²) in [6, 6.07) is 2.78. The molecule has 0 aliphatic rings. The predicted molar refractivity (Wildman–Crippen MR) is 60.3 cm³/mol. The largest absolute Gasteiger partial charge is 0.494 e. The van der Waals surface area contributed by atoms with Crippen molar-refractivity contribution in [3.8, 4) is 0 Å². The highest BCUT2D eigenvalue weighted by Crippen LogP contribution is 2.29. The fourth-order valence-electron chi connectivity index (χ4n) is 1.86. The number of benzene rings is 1. The van der Waals surface area contributed by atoms with Crippen LogP contribution in [0, 0.1) is 13.8 Å². The first-order valence-corrected chi connectivity index (χ1v) is 5.05. The molecular weight excluding hydrogens is 232 g/mol. The predicted octanol–water partition coefficient (Wildman–Crippen LogP) is 2.31. The second-order valence-corrected chi connectivity index (χ2v) is 3.84. The Morgan fingerprint density at radius 3 is 2.00 bits per heavy atom. The highest BCUT2D eigenvalue weighted by molar-refractivity contribution is 6.62. The van der Waals surface area contributed by atoms with E-state index in [1.807, 2.05) is 0 Å². The summed E-state index contributed by atoms with van der Waals surface area (Å²) in [6.07, 6.45) is -4.42. The monoisotopic (exact) mass is 246 g/mol. The van der Waals surface area contributed by atoms with Crippen molar-refractivity contribution in [2.75, 3.05) is 14.2 Å². The zero-order chi connectivity index (χ0) is 13.2. The topological polar surface area (TPSA) is 18.5 Å². The van der Waals surface area contributed by atoms with Crippen LogP contribution >= 0.6 is 0 Å². The van der Waals surface area contributed by atoms with Crippen LogP contribution in [-0.4, -0.2) is 21.3 Å². The normalized spacial score (nSPS) is 11.7. The number of aryl methyl sites for hydroxylation is 2. The zero-order valence-electron chi connectivity index (χ0n) is 10.2. The molecule has 0 heterocycles. The summed E-state index contributed by atoms with van der Waals surface area (Å²) in [6.45, 7) is 3.24. The molecule has 0 aliphatic heterocycles. The van der Waals surface area contributed by atoms with Gasteiger partial charge in [0.1, 0.15) is 0 Å². The van der Waals surface area contributed by atoms with Crippen molar-refractivity contribution >= 4 is 12.6 Å². The zero-order valence-corrected chi connectivity index (χ0v) is 10.2. The Balaban J connectivity index is 3.45. The van der Waals surface area contributed by atoms with E-state index in [-0.39, 0.29) is 5.46 Å². The van der Waals surface area contributed by atoms with Crippen LogP contribution in [0.15, 0.2) is 12.1 Å². The molecule has 0 aliphatic carbocycles. The van der Waals surface area contributed by atoms with Crippen molar-refractivity contribution in [2.45, 2.75) is 20.0 Å². The summed E-state index contributed by atoms with van der Waals surface area (Å²) in [5, 5.41) is 0. The van der Waals surface area contributed by atoms with Gasteiger partial charge in [0.2, 0.25) is 0 Å². The molecule has 0 fully saturated rings. The second-order valence-electron chi connectivity index (χ2n) is 3.84. The number of alkyl halides is 3. The summed E-state index contributed by atoms with van der Waals surface area (Å²) in [5.74, 6) is 0. The first-order valence-electron chi connectivity index (χ1n) is 5.05. The Morgan fingerprint density at radius 1 is 1.06 bits per heavy atom. The van der Waals surface area contributed by atoms with Crippen LogP contribution in [0.5, 0.6) is 0 Å². The van der Waals surface area contributed by atoms with E-state index < -0.39 is 18.9 Å². The molecule has 1 aromatic carbocycles. The van der Waals surface area contributed by atoms with E-state index in [1.165, 1.54) is 14.2 Å². The van der Waals surface area contributed by atoms with Gasteiger partial charge in [0, 0.05) is 14.2 Å². The summed E-state index contributed by atoms with van der Waals surface area (Å²) >= 11 is 0. The Kier molecular flexibility index (Phi) is 4.22. The lowest BCUT2D eigenvalue weighted by molar-refractivity contribution is -0.136. The number of hydrogen-bond acceptors (Lipinski definition) is 2. The van der Waals surface area contributed by atoms with Crippen LogP contribution in [0.4, 0.5) is 13.2 Å². The maximum Gasteiger partial charge on any atom is 0.494 e. The molecule has 94 valence electrons. The number of halogens is 3. The lowest BCUT2D eigenvalue weighted by Gasteiger charge is -2.19. The highest BCUT2D eigenvalue weighted by Gasteiger charge is 2.38. The first kappa shape index (κ1) is 14.1. The standard InChI is InChI=1S/C11H14BF3O2/c1-7-5-8(2)10(12(16-3)17-4)9(6-7)11(13,14)15/h5-6H,1-4H3. The van der Waals surface area contributed by atoms with Gasteiger partial charge in [-0.2, -0.15) is 13.2 Å². The molecule has 17 heavy (non-hydrogen) atoms. The van der Waals surface area contributed by atoms with Gasteiger partial charge in [-0.25, -0.2) is 0 Å². The Morgan fingerprint density at radius 2 is 1.59 bits per heavy atom. The van der Waals surface area contributed by atoms with Gasteiger partial charge < -0.3 is 9.31 Å². The van der Waals surface area contributed by atoms with Gasteiger partial charge in [0.05, 0.1) is 5.56 Å². The molecule has 0 radical (unpaired) electrons. The van der Waals surface area contributed by atoms with Crippen LogP contribution < -0.4 is 5.46 Å². The van der Waals surface area contributed by atoms with Crippen LogP contribution in [0.2, 0.25) is 0 Å². The quantitative estimate of drug-likeness (QED) is 0.762. The molecule has 0 bridgehead atoms. The summed E-state index contributed by atoms with van der Waals surface area (Å²) in [4.78, 5) is 0. The lowest BCUT2D eigenvalue weighted by Crippen LogP contribution is -2.41. The minimum absolute atomic E-state index is 0.0353. The van der Waals surface area contributed by atoms with E-state index in [1.54, 1.807) is 19.9 Å². The van der Waals surface area contributed by atoms with Gasteiger partial charge in [0.15, 0.2) is 0 Å². The smallest absolute Gasteiger partial charge is 0.410 e. The van der Waals surface area contributed by atoms with Crippen molar-refractivity contribution in [1.29, 1.82) is 0 Å². The van der Waals surface area contributed by atoms with Crippen molar-refractivity contribution in [2.24, 2.45) is 0 Å². The molecule has 6 heteroatoms. The fraction of sp³-hybridized carbons (Fsp3) is 0.455. The Bertz CT molecular complexity index is 400. The number of hydrogen-bond donors (Lipinski definition) is 0. The second kappa shape index (κ2) is 5.10. The molecule has 0 N–H and O–H groups in total. The summed E-state index contributed by atoms with van der Waals surface area (Å²) in [5.41, 5.74) is 0.396. The van der Waals surface area contributed by atoms with Gasteiger partial charge in [-0.05, 0) is 25.4 Å². The Labute approximate surface area is 98.9 Å². The van der Waals surface area contributed by atoms with Gasteiger partial charge in [-0.15, -0.1) is 0 Å². The molecule has 1 aromatic rings. The number of rotatable bonds is 3. The van der Waals surface area contributed by atoms with Crippen LogP contribution in [0.3, 0.4) is 0 Å². The van der Waals surface area contributed by atoms with Crippen LogP contribution in [-0.2, 0) is 15.5 Å². The van der Waals surface area contributed by atoms with Gasteiger partial charge >= 0.3 is 13.3 Å². The highest BCUT2D eigenvalue weighted by atomic mass is 19.4. The van der Waals surface area contributed by atoms with E-state index in [2.05, 4.69) is 0 Å². The fourth-order valence-corrected chi connectivity index (χ4v) is 1.86. The first-order chi connectivity index (χ1) is 7.81. The third-order valence-corrected chi connectivity index (χ3v) is 2.50. The third-order valence-electron chi connectivity index (χ3n) is 2.50. The van der Waals surface area contributed by atoms with Crippen molar-refractivity contribution in [3.05, 3.63) is 28.8 Å². The van der Waals surface area contributed by atoms with Crippen LogP contribution in [0.25, 0.3) is 0 Å². The molecule has 0 saturated heterocycles. The minimum Gasteiger partial charge on any atom is -0.410 e. The van der Waals surface area contributed by atoms with E-state index in [0.717, 1.165) is 6.07 Å². The van der Waals surface area contributed by atoms with Crippen molar-refractivity contribution in [3.63, 3.8) is 0 Å². The van der Waals surface area contributed by atoms with Gasteiger partial charge in [-0.3, -0.25) is 0 Å². The van der Waals surface area contributed by atoms with E-state index >= 15 is 0 Å². The maximum absolute atomic E-state index is 12.9. The summed E-state index contributed by atoms with van der Waals surface area (Å²) in [7, 11) is 1.62. The molecule has 0 unspecified atom stereocenters. The molecule has 0 aromatic heterocycles. The average molecular weight is 246 g/mol. The van der Waals surface area contributed by atoms with E-state index in [0.29, 0.717) is 11.1 Å². The molecule has 2 nitrogen and oxygen atoms in total. The molecule has 0 amide bonds. The SMILES string of the molecule is COB(OC)c1c(C)cc(C)cc1C(F)(F)F. The Hall–Kier alpha value is -1.01.